The first-order valence-corrected chi connectivity index (χ1v) is 6.99. The van der Waals surface area contributed by atoms with Crippen molar-refractivity contribution in [3.63, 3.8) is 0 Å². The number of hydrogen-bond acceptors (Lipinski definition) is 4. The standard InChI is InChI=1S/C14H17BrO5/c1-18-8-6-9(19-2)13(20-3)12(15)11(8)14(4-5-14)7-10(16)17/h6H,4-5,7H2,1-3H3,(H,16,17). The van der Waals surface area contributed by atoms with Gasteiger partial charge in [-0.15, -0.1) is 0 Å². The van der Waals surface area contributed by atoms with Crippen LogP contribution in [0.1, 0.15) is 24.8 Å². The van der Waals surface area contributed by atoms with Gasteiger partial charge in [0.1, 0.15) is 5.75 Å². The van der Waals surface area contributed by atoms with Crippen molar-refractivity contribution >= 4 is 21.9 Å². The predicted molar refractivity (Wildman–Crippen MR) is 77.0 cm³/mol. The molecule has 20 heavy (non-hydrogen) atoms. The Balaban J connectivity index is 2.60. The lowest BCUT2D eigenvalue weighted by molar-refractivity contribution is -0.137. The molecule has 1 aliphatic carbocycles. The summed E-state index contributed by atoms with van der Waals surface area (Å²) in [6, 6.07) is 1.74. The van der Waals surface area contributed by atoms with Crippen molar-refractivity contribution in [2.24, 2.45) is 0 Å². The van der Waals surface area contributed by atoms with Gasteiger partial charge in [0.25, 0.3) is 0 Å². The van der Waals surface area contributed by atoms with Gasteiger partial charge in [-0.1, -0.05) is 0 Å². The summed E-state index contributed by atoms with van der Waals surface area (Å²) >= 11 is 3.51. The molecule has 2 rings (SSSR count). The minimum absolute atomic E-state index is 0.0808. The number of halogens is 1. The zero-order chi connectivity index (χ0) is 14.9. The van der Waals surface area contributed by atoms with E-state index in [4.69, 9.17) is 19.3 Å². The van der Waals surface area contributed by atoms with Crippen LogP contribution in [0.2, 0.25) is 0 Å². The van der Waals surface area contributed by atoms with Crippen LogP contribution in [-0.4, -0.2) is 32.4 Å². The molecule has 110 valence electrons. The highest BCUT2D eigenvalue weighted by Crippen LogP contribution is 2.59. The maximum Gasteiger partial charge on any atom is 0.304 e. The predicted octanol–water partition coefficient (Wildman–Crippen LogP) is 2.98. The number of hydrogen-bond donors (Lipinski definition) is 1. The highest BCUT2D eigenvalue weighted by molar-refractivity contribution is 9.10. The van der Waals surface area contributed by atoms with E-state index in [1.165, 1.54) is 0 Å². The number of rotatable bonds is 6. The summed E-state index contributed by atoms with van der Waals surface area (Å²) in [6.45, 7) is 0. The number of aliphatic carboxylic acids is 1. The van der Waals surface area contributed by atoms with Gasteiger partial charge in [-0.25, -0.2) is 0 Å². The minimum Gasteiger partial charge on any atom is -0.496 e. The fourth-order valence-corrected chi connectivity index (χ4v) is 3.51. The lowest BCUT2D eigenvalue weighted by Crippen LogP contribution is -2.15. The monoisotopic (exact) mass is 344 g/mol. The van der Waals surface area contributed by atoms with Crippen LogP contribution in [0, 0.1) is 0 Å². The molecule has 0 unspecified atom stereocenters. The first kappa shape index (κ1) is 15.0. The van der Waals surface area contributed by atoms with Crippen LogP contribution in [0.5, 0.6) is 17.2 Å². The van der Waals surface area contributed by atoms with Crippen LogP contribution >= 0.6 is 15.9 Å². The van der Waals surface area contributed by atoms with Crippen LogP contribution in [0.15, 0.2) is 10.5 Å². The molecular formula is C14H17BrO5. The van der Waals surface area contributed by atoms with E-state index in [9.17, 15) is 4.79 Å². The Hall–Kier alpha value is -1.43. The fraction of sp³-hybridized carbons (Fsp3) is 0.500. The topological polar surface area (TPSA) is 65.0 Å². The third-order valence-electron chi connectivity index (χ3n) is 3.67. The molecule has 0 atom stereocenters. The second kappa shape index (κ2) is 5.52. The second-order valence-electron chi connectivity index (χ2n) is 4.85. The van der Waals surface area contributed by atoms with Crippen molar-refractivity contribution in [3.05, 3.63) is 16.1 Å². The van der Waals surface area contributed by atoms with E-state index < -0.39 is 5.97 Å². The average Bonchev–Trinajstić information content (AvgIpc) is 3.16. The molecule has 0 radical (unpaired) electrons. The van der Waals surface area contributed by atoms with Gasteiger partial charge < -0.3 is 19.3 Å². The maximum atomic E-state index is 11.1. The summed E-state index contributed by atoms with van der Waals surface area (Å²) in [5.41, 5.74) is 0.468. The molecule has 1 aliphatic rings. The first-order valence-electron chi connectivity index (χ1n) is 6.20. The van der Waals surface area contributed by atoms with E-state index in [-0.39, 0.29) is 11.8 Å². The molecule has 0 aliphatic heterocycles. The number of carboxylic acid groups (broad SMARTS) is 1. The lowest BCUT2D eigenvalue weighted by Gasteiger charge is -2.22. The Bertz CT molecular complexity index is 537. The van der Waals surface area contributed by atoms with Gasteiger partial charge in [-0.3, -0.25) is 4.79 Å². The quantitative estimate of drug-likeness (QED) is 0.859. The number of carbonyl (C=O) groups is 1. The van der Waals surface area contributed by atoms with Gasteiger partial charge in [-0.05, 0) is 28.8 Å². The molecule has 0 aromatic heterocycles. The Labute approximate surface area is 126 Å². The smallest absolute Gasteiger partial charge is 0.304 e. The molecule has 0 spiro atoms. The summed E-state index contributed by atoms with van der Waals surface area (Å²) in [6.07, 6.45) is 1.73. The van der Waals surface area contributed by atoms with Gasteiger partial charge >= 0.3 is 5.97 Å². The van der Waals surface area contributed by atoms with E-state index >= 15 is 0 Å². The highest BCUT2D eigenvalue weighted by atomic mass is 79.9. The Morgan fingerprint density at radius 3 is 2.25 bits per heavy atom. The van der Waals surface area contributed by atoms with Crippen LogP contribution in [0.3, 0.4) is 0 Å². The van der Waals surface area contributed by atoms with Crippen LogP contribution in [0.4, 0.5) is 0 Å². The normalized spacial score (nSPS) is 15.6. The molecule has 1 N–H and O–H groups in total. The van der Waals surface area contributed by atoms with Crippen molar-refractivity contribution in [2.45, 2.75) is 24.7 Å². The fourth-order valence-electron chi connectivity index (χ4n) is 2.54. The molecule has 6 heteroatoms. The molecule has 0 heterocycles. The zero-order valence-corrected chi connectivity index (χ0v) is 13.2. The first-order chi connectivity index (χ1) is 9.49. The molecule has 1 aromatic rings. The molecular weight excluding hydrogens is 328 g/mol. The average molecular weight is 345 g/mol. The molecule has 0 amide bonds. The number of ether oxygens (including phenoxy) is 3. The van der Waals surface area contributed by atoms with Gasteiger partial charge in [0.2, 0.25) is 0 Å². The third-order valence-corrected chi connectivity index (χ3v) is 4.43. The van der Waals surface area contributed by atoms with Gasteiger partial charge in [-0.2, -0.15) is 0 Å². The number of benzene rings is 1. The number of methoxy groups -OCH3 is 3. The minimum atomic E-state index is -0.814. The summed E-state index contributed by atoms with van der Waals surface area (Å²) in [4.78, 5) is 11.1. The van der Waals surface area contributed by atoms with Crippen LogP contribution in [0.25, 0.3) is 0 Å². The molecule has 1 saturated carbocycles. The maximum absolute atomic E-state index is 11.1. The van der Waals surface area contributed by atoms with Crippen molar-refractivity contribution in [1.82, 2.24) is 0 Å². The van der Waals surface area contributed by atoms with E-state index in [1.807, 2.05) is 0 Å². The van der Waals surface area contributed by atoms with Crippen molar-refractivity contribution in [1.29, 1.82) is 0 Å². The Morgan fingerprint density at radius 2 is 1.85 bits per heavy atom. The summed E-state index contributed by atoms with van der Waals surface area (Å²) < 4.78 is 16.8. The number of carboxylic acids is 1. The summed E-state index contributed by atoms with van der Waals surface area (Å²) in [5, 5.41) is 9.12. The van der Waals surface area contributed by atoms with Gasteiger partial charge in [0, 0.05) is 17.0 Å². The molecule has 1 fully saturated rings. The van der Waals surface area contributed by atoms with Crippen molar-refractivity contribution in [2.75, 3.05) is 21.3 Å². The van der Waals surface area contributed by atoms with E-state index in [2.05, 4.69) is 15.9 Å². The van der Waals surface area contributed by atoms with E-state index in [1.54, 1.807) is 27.4 Å². The molecule has 0 bridgehead atoms. The summed E-state index contributed by atoms with van der Waals surface area (Å²) in [7, 11) is 4.66. The van der Waals surface area contributed by atoms with Gasteiger partial charge in [0.05, 0.1) is 32.2 Å². The molecule has 1 aromatic carbocycles. The van der Waals surface area contributed by atoms with Crippen molar-refractivity contribution < 1.29 is 24.1 Å². The zero-order valence-electron chi connectivity index (χ0n) is 11.7. The lowest BCUT2D eigenvalue weighted by atomic mass is 9.91. The summed E-state index contributed by atoms with van der Waals surface area (Å²) in [5.74, 6) is 0.908. The van der Waals surface area contributed by atoms with Crippen molar-refractivity contribution in [3.8, 4) is 17.2 Å². The largest absolute Gasteiger partial charge is 0.496 e. The third kappa shape index (κ3) is 2.44. The van der Waals surface area contributed by atoms with E-state index in [0.717, 1.165) is 18.4 Å². The second-order valence-corrected chi connectivity index (χ2v) is 5.65. The Kier molecular flexibility index (Phi) is 4.13. The Morgan fingerprint density at radius 1 is 1.25 bits per heavy atom. The highest BCUT2D eigenvalue weighted by Gasteiger charge is 2.49. The molecule has 0 saturated heterocycles. The van der Waals surface area contributed by atoms with Crippen LogP contribution < -0.4 is 14.2 Å². The molecule has 5 nitrogen and oxygen atoms in total. The van der Waals surface area contributed by atoms with E-state index in [0.29, 0.717) is 21.7 Å². The SMILES string of the molecule is COc1cc(OC)c(C2(CC(=O)O)CC2)c(Br)c1OC. The van der Waals surface area contributed by atoms with Crippen LogP contribution in [-0.2, 0) is 10.2 Å². The van der Waals surface area contributed by atoms with Gasteiger partial charge in [0.15, 0.2) is 11.5 Å².